The monoisotopic (exact) mass is 369 g/mol. The van der Waals surface area contributed by atoms with Crippen molar-refractivity contribution < 1.29 is 9.13 Å². The molecule has 3 aromatic rings. The Balaban J connectivity index is 1.56. The molecule has 0 amide bonds. The van der Waals surface area contributed by atoms with Gasteiger partial charge < -0.3 is 15.4 Å². The highest BCUT2D eigenvalue weighted by Crippen LogP contribution is 2.33. The summed E-state index contributed by atoms with van der Waals surface area (Å²) >= 11 is 1.48. The van der Waals surface area contributed by atoms with Crippen molar-refractivity contribution in [2.75, 3.05) is 18.4 Å². The molecule has 1 aromatic carbocycles. The van der Waals surface area contributed by atoms with Crippen LogP contribution in [0.25, 0.3) is 11.3 Å². The molecular weight excluding hydrogens is 353 g/mol. The second-order valence-electron chi connectivity index (χ2n) is 5.59. The number of aromatic nitrogens is 2. The van der Waals surface area contributed by atoms with Crippen LogP contribution in [0.4, 0.5) is 9.52 Å². The molecule has 6 nitrogen and oxygen atoms in total. The van der Waals surface area contributed by atoms with Crippen molar-refractivity contribution in [2.45, 2.75) is 6.42 Å². The van der Waals surface area contributed by atoms with E-state index in [0.29, 0.717) is 11.6 Å². The van der Waals surface area contributed by atoms with Crippen molar-refractivity contribution in [2.24, 2.45) is 4.99 Å². The second-order valence-corrected chi connectivity index (χ2v) is 6.44. The van der Waals surface area contributed by atoms with Crippen LogP contribution in [0.5, 0.6) is 11.6 Å². The smallest absolute Gasteiger partial charge is 0.228 e. The lowest BCUT2D eigenvalue weighted by Crippen LogP contribution is -2.35. The largest absolute Gasteiger partial charge is 0.438 e. The maximum Gasteiger partial charge on any atom is 0.228 e. The average molecular weight is 369 g/mol. The van der Waals surface area contributed by atoms with Crippen molar-refractivity contribution >= 4 is 22.4 Å². The standard InChI is InChI=1S/C18H16FN5OS/c19-12-4-6-13(7-5-12)25-16-14(3-1-8-20-16)15-11-26-18(23-15)24-17-21-9-2-10-22-17/h1,3-8,11H,2,9-10H2,(H2,21,22,23,24). The van der Waals surface area contributed by atoms with Crippen LogP contribution in [0.1, 0.15) is 6.42 Å². The van der Waals surface area contributed by atoms with Gasteiger partial charge in [0.05, 0.1) is 11.3 Å². The third-order valence-electron chi connectivity index (χ3n) is 3.70. The molecule has 1 aliphatic rings. The second kappa shape index (κ2) is 7.49. The Labute approximate surface area is 153 Å². The lowest BCUT2D eigenvalue weighted by atomic mass is 10.2. The highest BCUT2D eigenvalue weighted by atomic mass is 32.1. The first-order valence-corrected chi connectivity index (χ1v) is 9.05. The summed E-state index contributed by atoms with van der Waals surface area (Å²) in [6.45, 7) is 1.72. The third-order valence-corrected chi connectivity index (χ3v) is 4.46. The number of hydrogen-bond donors (Lipinski definition) is 2. The van der Waals surface area contributed by atoms with Gasteiger partial charge in [0.1, 0.15) is 11.6 Å². The van der Waals surface area contributed by atoms with Gasteiger partial charge in [-0.15, -0.1) is 11.3 Å². The molecule has 3 heterocycles. The summed E-state index contributed by atoms with van der Waals surface area (Å²) in [5.41, 5.74) is 1.51. The van der Waals surface area contributed by atoms with E-state index in [1.807, 2.05) is 17.5 Å². The summed E-state index contributed by atoms with van der Waals surface area (Å²) in [7, 11) is 0. The number of hydrogen-bond acceptors (Lipinski definition) is 7. The van der Waals surface area contributed by atoms with Gasteiger partial charge in [-0.25, -0.2) is 14.4 Å². The lowest BCUT2D eigenvalue weighted by Gasteiger charge is -2.14. The molecule has 2 aromatic heterocycles. The zero-order chi connectivity index (χ0) is 17.8. The predicted molar refractivity (Wildman–Crippen MR) is 100 cm³/mol. The highest BCUT2D eigenvalue weighted by Gasteiger charge is 2.13. The maximum absolute atomic E-state index is 13.1. The molecule has 26 heavy (non-hydrogen) atoms. The number of ether oxygens (including phenoxy) is 1. The van der Waals surface area contributed by atoms with Crippen LogP contribution in [0.15, 0.2) is 53.0 Å². The number of thiazole rings is 1. The summed E-state index contributed by atoms with van der Waals surface area (Å²) in [5.74, 6) is 1.36. The summed E-state index contributed by atoms with van der Waals surface area (Å²) < 4.78 is 18.9. The maximum atomic E-state index is 13.1. The molecule has 1 aliphatic heterocycles. The average Bonchev–Trinajstić information content (AvgIpc) is 3.13. The van der Waals surface area contributed by atoms with Crippen molar-refractivity contribution in [3.05, 3.63) is 53.8 Å². The van der Waals surface area contributed by atoms with E-state index in [1.165, 1.54) is 23.5 Å². The SMILES string of the molecule is Fc1ccc(Oc2ncccc2-c2csc(NC3=NCCCN3)n2)cc1. The first kappa shape index (κ1) is 16.5. The van der Waals surface area contributed by atoms with E-state index in [-0.39, 0.29) is 5.82 Å². The van der Waals surface area contributed by atoms with E-state index in [4.69, 9.17) is 4.74 Å². The Kier molecular flexibility index (Phi) is 4.74. The normalized spacial score (nSPS) is 13.7. The Morgan fingerprint density at radius 1 is 1.19 bits per heavy atom. The number of aliphatic imine (C=N–C) groups is 1. The molecule has 0 bridgehead atoms. The fourth-order valence-electron chi connectivity index (χ4n) is 2.45. The van der Waals surface area contributed by atoms with Crippen molar-refractivity contribution in [1.29, 1.82) is 0 Å². The zero-order valence-electron chi connectivity index (χ0n) is 13.8. The predicted octanol–water partition coefficient (Wildman–Crippen LogP) is 3.90. The van der Waals surface area contributed by atoms with Gasteiger partial charge in [0.2, 0.25) is 5.88 Å². The molecule has 0 fully saturated rings. The van der Waals surface area contributed by atoms with Crippen LogP contribution in [0.3, 0.4) is 0 Å². The quantitative estimate of drug-likeness (QED) is 0.730. The number of pyridine rings is 1. The van der Waals surface area contributed by atoms with Gasteiger partial charge in [-0.05, 0) is 42.8 Å². The summed E-state index contributed by atoms with van der Waals surface area (Å²) in [5, 5.41) is 9.06. The van der Waals surface area contributed by atoms with Gasteiger partial charge in [0.25, 0.3) is 0 Å². The molecule has 0 aliphatic carbocycles. The van der Waals surface area contributed by atoms with Crippen molar-refractivity contribution in [3.8, 4) is 22.9 Å². The molecule has 0 spiro atoms. The summed E-state index contributed by atoms with van der Waals surface area (Å²) in [6.07, 6.45) is 2.68. The Hall–Kier alpha value is -3.00. The van der Waals surface area contributed by atoms with Gasteiger partial charge in [-0.3, -0.25) is 4.99 Å². The Morgan fingerprint density at radius 3 is 2.88 bits per heavy atom. The number of anilines is 1. The topological polar surface area (TPSA) is 71.4 Å². The molecule has 2 N–H and O–H groups in total. The number of halogens is 1. The zero-order valence-corrected chi connectivity index (χ0v) is 14.6. The van der Waals surface area contributed by atoms with Gasteiger partial charge >= 0.3 is 0 Å². The summed E-state index contributed by atoms with van der Waals surface area (Å²) in [6, 6.07) is 9.54. The minimum Gasteiger partial charge on any atom is -0.438 e. The molecule has 0 atom stereocenters. The number of guanidine groups is 1. The summed E-state index contributed by atoms with van der Waals surface area (Å²) in [4.78, 5) is 13.3. The van der Waals surface area contributed by atoms with Gasteiger partial charge in [-0.2, -0.15) is 0 Å². The van der Waals surface area contributed by atoms with Crippen LogP contribution >= 0.6 is 11.3 Å². The number of nitrogens with zero attached hydrogens (tertiary/aromatic N) is 3. The first-order chi connectivity index (χ1) is 12.8. The van der Waals surface area contributed by atoms with Crippen LogP contribution in [-0.4, -0.2) is 29.0 Å². The van der Waals surface area contributed by atoms with Gasteiger partial charge in [0, 0.05) is 24.7 Å². The molecule has 0 saturated carbocycles. The minimum absolute atomic E-state index is 0.312. The molecule has 8 heteroatoms. The van der Waals surface area contributed by atoms with Crippen LogP contribution < -0.4 is 15.4 Å². The Bertz CT molecular complexity index is 925. The van der Waals surface area contributed by atoms with E-state index >= 15 is 0 Å². The molecule has 0 radical (unpaired) electrons. The fourth-order valence-corrected chi connectivity index (χ4v) is 3.16. The van der Waals surface area contributed by atoms with Crippen LogP contribution in [0, 0.1) is 5.82 Å². The van der Waals surface area contributed by atoms with Crippen molar-refractivity contribution in [1.82, 2.24) is 15.3 Å². The molecule has 4 rings (SSSR count). The minimum atomic E-state index is -0.312. The molecule has 132 valence electrons. The van der Waals surface area contributed by atoms with E-state index in [1.54, 1.807) is 18.3 Å². The van der Waals surface area contributed by atoms with Crippen LogP contribution in [0.2, 0.25) is 0 Å². The van der Waals surface area contributed by atoms with E-state index < -0.39 is 0 Å². The lowest BCUT2D eigenvalue weighted by molar-refractivity contribution is 0.463. The number of benzene rings is 1. The van der Waals surface area contributed by atoms with Gasteiger partial charge in [0.15, 0.2) is 11.1 Å². The van der Waals surface area contributed by atoms with Crippen LogP contribution in [-0.2, 0) is 0 Å². The molecular formula is C18H16FN5OS. The highest BCUT2D eigenvalue weighted by molar-refractivity contribution is 7.14. The van der Waals surface area contributed by atoms with Crippen molar-refractivity contribution in [3.63, 3.8) is 0 Å². The Morgan fingerprint density at radius 2 is 2.08 bits per heavy atom. The number of nitrogens with one attached hydrogen (secondary N) is 2. The molecule has 0 unspecified atom stereocenters. The van der Waals surface area contributed by atoms with Gasteiger partial charge in [-0.1, -0.05) is 0 Å². The van der Waals surface area contributed by atoms with E-state index in [9.17, 15) is 4.39 Å². The van der Waals surface area contributed by atoms with E-state index in [2.05, 4.69) is 25.6 Å². The number of rotatable bonds is 4. The third kappa shape index (κ3) is 3.80. The first-order valence-electron chi connectivity index (χ1n) is 8.17. The van der Waals surface area contributed by atoms with E-state index in [0.717, 1.165) is 41.9 Å². The fraction of sp³-hybridized carbons (Fsp3) is 0.167. The molecule has 0 saturated heterocycles.